The molecule has 3 radical (unpaired) electrons. The van der Waals surface area contributed by atoms with E-state index in [2.05, 4.69) is 54.4 Å². The van der Waals surface area contributed by atoms with Crippen LogP contribution in [0, 0.1) is 29.1 Å². The number of unbranched alkanes of at least 4 members (excludes halogenated alkanes) is 1. The molecule has 0 saturated carbocycles. The van der Waals surface area contributed by atoms with Gasteiger partial charge in [0, 0.05) is 118 Å². The summed E-state index contributed by atoms with van der Waals surface area (Å²) in [6.07, 6.45) is 12.2. The second-order valence-corrected chi connectivity index (χ2v) is 29.3. The number of nitrogens with two attached hydrogens (primary N) is 1. The summed E-state index contributed by atoms with van der Waals surface area (Å²) >= 11 is 0. The van der Waals surface area contributed by atoms with Gasteiger partial charge in [-0.2, -0.15) is 0 Å². The molecule has 2 aliphatic heterocycles. The van der Waals surface area contributed by atoms with Gasteiger partial charge in [-0.1, -0.05) is 6.92 Å². The number of nitrogens with zero attached hydrogens (tertiary/aromatic N) is 7. The zero-order valence-corrected chi connectivity index (χ0v) is 75.8. The Morgan fingerprint density at radius 1 is 0.396 bits per heavy atom. The summed E-state index contributed by atoms with van der Waals surface area (Å²) in [5.41, 5.74) is 17.6. The van der Waals surface area contributed by atoms with Crippen molar-refractivity contribution in [1.82, 2.24) is 40.4 Å². The molecule has 0 spiro atoms. The third-order valence-electron chi connectivity index (χ3n) is 20.0. The predicted molar refractivity (Wildman–Crippen MR) is 497 cm³/mol. The fourth-order valence-electron chi connectivity index (χ4n) is 13.1. The molecule has 10 aromatic carbocycles. The Kier molecular flexibility index (Phi) is 39.2. The van der Waals surface area contributed by atoms with Crippen molar-refractivity contribution in [3.8, 4) is 114 Å². The van der Waals surface area contributed by atoms with Gasteiger partial charge in [-0.3, -0.25) is 25.1 Å². The van der Waals surface area contributed by atoms with E-state index in [0.29, 0.717) is 98.7 Å². The molecular formula is C104H95BF5N10NaO13+. The number of rotatable bonds is 26. The van der Waals surface area contributed by atoms with E-state index in [1.165, 1.54) is 116 Å². The number of ether oxygens (including phenoxy) is 7. The maximum Gasteiger partial charge on any atom is 1.00 e. The second kappa shape index (κ2) is 52.0. The van der Waals surface area contributed by atoms with Gasteiger partial charge in [-0.05, 0) is 334 Å². The molecule has 4 amide bonds. The number of aryl methyl sites for hydroxylation is 2. The first kappa shape index (κ1) is 101. The van der Waals surface area contributed by atoms with Crippen LogP contribution in [-0.4, -0.2) is 132 Å². The van der Waals surface area contributed by atoms with Gasteiger partial charge in [0.2, 0.25) is 6.20 Å². The molecule has 17 rings (SSSR count). The largest absolute Gasteiger partial charge is 1.00 e. The molecule has 2 aliphatic rings. The van der Waals surface area contributed by atoms with Gasteiger partial charge in [0.05, 0.1) is 60.3 Å². The summed E-state index contributed by atoms with van der Waals surface area (Å²) < 4.78 is 103. The van der Waals surface area contributed by atoms with Crippen LogP contribution in [-0.2, 0) is 28.9 Å². The molecule has 0 aliphatic carbocycles. The van der Waals surface area contributed by atoms with Crippen molar-refractivity contribution < 1.29 is 120 Å². The molecule has 2 fully saturated rings. The Hall–Kier alpha value is -15.1. The van der Waals surface area contributed by atoms with E-state index in [1.54, 1.807) is 120 Å². The van der Waals surface area contributed by atoms with E-state index in [0.717, 1.165) is 108 Å². The van der Waals surface area contributed by atoms with Crippen molar-refractivity contribution in [3.05, 3.63) is 391 Å². The van der Waals surface area contributed by atoms with E-state index < -0.39 is 11.9 Å². The number of benzene rings is 10. The van der Waals surface area contributed by atoms with Crippen LogP contribution >= 0.6 is 0 Å². The summed E-state index contributed by atoms with van der Waals surface area (Å²) in [5, 5.41) is 24.6. The first-order valence-corrected chi connectivity index (χ1v) is 42.0. The number of pyridine rings is 5. The van der Waals surface area contributed by atoms with Crippen LogP contribution in [0.25, 0.3) is 56.3 Å². The molecular weight excluding hydrogens is 1730 g/mol. The summed E-state index contributed by atoms with van der Waals surface area (Å²) in [6, 6.07) is 84.5. The van der Waals surface area contributed by atoms with E-state index >= 15 is 0 Å². The van der Waals surface area contributed by atoms with Crippen molar-refractivity contribution >= 4 is 32.4 Å². The third-order valence-corrected chi connectivity index (χ3v) is 20.0. The molecule has 30 heteroatoms. The summed E-state index contributed by atoms with van der Waals surface area (Å²) in [7, 11) is 2.63. The number of methoxy groups -OCH3 is 2. The van der Waals surface area contributed by atoms with E-state index in [9.17, 15) is 46.3 Å². The zero-order chi connectivity index (χ0) is 92.9. The predicted octanol–water partition coefficient (Wildman–Crippen LogP) is 18.2. The number of hydrogen-bond donors (Lipinski definition) is 5. The minimum Gasteiger partial charge on any atom is -1.00 e. The number of aromatic nitrogens is 5. The minimum absolute atomic E-state index is 0. The summed E-state index contributed by atoms with van der Waals surface area (Å²) in [5.74, 6) is 3.69. The third kappa shape index (κ3) is 31.3. The van der Waals surface area contributed by atoms with Crippen LogP contribution in [0.2, 0.25) is 0 Å². The van der Waals surface area contributed by atoms with E-state index in [4.69, 9.17) is 39.3 Å². The number of carbonyl (C=O) groups is 4. The quantitative estimate of drug-likeness (QED) is 0.00841. The van der Waals surface area contributed by atoms with Gasteiger partial charge >= 0.3 is 53.6 Å². The molecule has 0 unspecified atom stereocenters. The normalized spacial score (nSPS) is 11.4. The smallest absolute Gasteiger partial charge is 1.00 e. The molecule has 677 valence electrons. The van der Waals surface area contributed by atoms with Crippen LogP contribution < -0.4 is 74.3 Å². The van der Waals surface area contributed by atoms with Crippen LogP contribution in [0.1, 0.15) is 58.6 Å². The SMILES string of the molecule is CCc1ccnc(-c2ccc(Oc3ccc(F)cc3)cc2)c1.COC(=O)c1cc[n+](O)c(-c2ccc(Oc3ccc(F)cc3)cc2)c1.COC(=O)c1ccnc(-c2ccc(Oc3ccc(F)cc3)cc2)c1.NCCN1CCNC1=O.O=C1NCCN1CCCCc1ccnc(-c2ccc(Oc3ccc(F)cc3)cc2)c1.OCc1ccnc(-c2ccc(Oc3ccc(F)cc3)cc2)c1.[B].[H-].[Na+]. The van der Waals surface area contributed by atoms with Gasteiger partial charge < -0.3 is 65.9 Å². The average Bonchev–Trinajstić information content (AvgIpc) is 0.980. The number of urea groups is 2. The van der Waals surface area contributed by atoms with Crippen molar-refractivity contribution in [2.24, 2.45) is 5.73 Å². The van der Waals surface area contributed by atoms with E-state index in [1.807, 2.05) is 120 Å². The maximum atomic E-state index is 13.0. The van der Waals surface area contributed by atoms with Gasteiger partial charge in [0.1, 0.15) is 86.6 Å². The van der Waals surface area contributed by atoms with Gasteiger partial charge in [-0.15, -0.1) is 0 Å². The number of aliphatic hydroxyl groups is 1. The fraction of sp³-hybridized carbons (Fsp3) is 0.144. The van der Waals surface area contributed by atoms with Crippen molar-refractivity contribution in [1.29, 1.82) is 0 Å². The van der Waals surface area contributed by atoms with Gasteiger partial charge in [-0.25, -0.2) is 41.1 Å². The second-order valence-electron chi connectivity index (χ2n) is 29.3. The Morgan fingerprint density at radius 2 is 0.687 bits per heavy atom. The average molecular weight is 1820 g/mol. The molecule has 15 aromatic rings. The monoisotopic (exact) mass is 1820 g/mol. The molecule has 23 nitrogen and oxygen atoms in total. The zero-order valence-electron chi connectivity index (χ0n) is 74.8. The number of aliphatic hydroxyl groups excluding tert-OH is 1. The Balaban J connectivity index is 0.000000184. The number of halogens is 5. The molecule has 2 saturated heterocycles. The minimum atomic E-state index is -0.488. The molecule has 0 bridgehead atoms. The van der Waals surface area contributed by atoms with Crippen molar-refractivity contribution in [2.45, 2.75) is 39.2 Å². The molecule has 7 heterocycles. The van der Waals surface area contributed by atoms with Crippen molar-refractivity contribution in [3.63, 3.8) is 0 Å². The Labute approximate surface area is 797 Å². The number of amides is 4. The van der Waals surface area contributed by atoms with Gasteiger partial charge in [0.15, 0.2) is 0 Å². The Bertz CT molecular complexity index is 6120. The standard InChI is InChI=1S/C24H24FN3O2.C19H15FNO4.C19H14FNO3.C19H16FNO.C18H14FNO2.C5H11N3O.B.Na.H/c25-20-6-10-22(11-7-20)30-21-8-4-19(5-9-21)23-17-18(12-13-26-23)3-1-2-15-28-16-14-27-24(28)29;1-24-19(22)14-10-11-21(23)18(12-14)13-2-6-16(7-3-13)25-17-8-4-15(20)5-9-17;1-23-19(22)14-10-11-21-18(12-14)13-2-6-16(7-3-13)24-17-8-4-15(20)5-9-17;1-2-14-11-12-21-19(13-14)15-3-7-17(8-4-15)22-18-9-5-16(20)6-10-18;19-15-3-7-17(8-4-15)22-16-5-1-14(2-6-16)18-11-13(12-21)9-10-20-18;6-1-3-8-4-2-7-5(8)9;;;/h4-13,17H,1-3,14-16H2,(H,27,29);2-12,23H,1H3;2-12H,1H3;3-13H,2H2,1H3;1-11,21H,12H2;1-4,6H2,(H,7,9);;;/q;+1;;;;;;+1;-1. The molecule has 6 N–H and O–H groups in total. The first-order chi connectivity index (χ1) is 64.2. The van der Waals surface area contributed by atoms with Crippen LogP contribution in [0.15, 0.2) is 334 Å². The fourth-order valence-corrected chi connectivity index (χ4v) is 13.1. The number of nitrogens with one attached hydrogen (secondary N) is 2. The van der Waals surface area contributed by atoms with Crippen LogP contribution in [0.3, 0.4) is 0 Å². The number of carbonyl (C=O) groups excluding carboxylic acids is 4. The molecule has 5 aromatic heterocycles. The first-order valence-electron chi connectivity index (χ1n) is 42.0. The number of hydrogen-bond acceptors (Lipinski definition) is 18. The van der Waals surface area contributed by atoms with Crippen LogP contribution in [0.4, 0.5) is 31.5 Å². The van der Waals surface area contributed by atoms with Crippen molar-refractivity contribution in [2.75, 3.05) is 60.0 Å². The summed E-state index contributed by atoms with van der Waals surface area (Å²) in [6.45, 7) is 7.26. The topological polar surface area (TPSA) is 285 Å². The van der Waals surface area contributed by atoms with E-state index in [-0.39, 0.29) is 87.2 Å². The molecule has 134 heavy (non-hydrogen) atoms. The van der Waals surface area contributed by atoms with Gasteiger partial charge in [0.25, 0.3) is 5.69 Å². The maximum absolute atomic E-state index is 13.0. The van der Waals surface area contributed by atoms with Crippen LogP contribution in [0.5, 0.6) is 57.5 Å². The molecule has 0 atom stereocenters. The number of esters is 2. The summed E-state index contributed by atoms with van der Waals surface area (Å²) in [4.78, 5) is 66.5. The Morgan fingerprint density at radius 3 is 1.01 bits per heavy atom.